The van der Waals surface area contributed by atoms with Crippen LogP contribution in [0, 0.1) is 0 Å². The number of nitrogens with zero attached hydrogens (tertiary/aromatic N) is 1. The summed E-state index contributed by atoms with van der Waals surface area (Å²) in [6.07, 6.45) is 0. The smallest absolute Gasteiger partial charge is 0.387 e. The lowest BCUT2D eigenvalue weighted by molar-refractivity contribution is -0.0498. The van der Waals surface area contributed by atoms with E-state index in [9.17, 15) is 22.0 Å². The quantitative estimate of drug-likeness (QED) is 0.511. The molecule has 162 valence electrons. The van der Waals surface area contributed by atoms with Crippen LogP contribution < -0.4 is 4.74 Å². The third-order valence-corrected chi connectivity index (χ3v) is 6.25. The van der Waals surface area contributed by atoms with Gasteiger partial charge < -0.3 is 9.64 Å². The van der Waals surface area contributed by atoms with Gasteiger partial charge in [-0.1, -0.05) is 42.5 Å². The first-order valence-electron chi connectivity index (χ1n) is 9.40. The SMILES string of the molecule is CN(Cc1ccc(OC(F)F)cc1)C(=O)c1cccc(CS(=O)(=O)c2ccccc2)c1. The van der Waals surface area contributed by atoms with Crippen molar-refractivity contribution in [3.05, 3.63) is 95.6 Å². The first-order valence-corrected chi connectivity index (χ1v) is 11.1. The molecule has 0 N–H and O–H groups in total. The number of halogens is 2. The summed E-state index contributed by atoms with van der Waals surface area (Å²) in [4.78, 5) is 14.5. The first-order chi connectivity index (χ1) is 14.7. The molecule has 0 saturated heterocycles. The largest absolute Gasteiger partial charge is 0.435 e. The maximum absolute atomic E-state index is 12.8. The number of carbonyl (C=O) groups excluding carboxylic acids is 1. The number of hydrogen-bond donors (Lipinski definition) is 0. The van der Waals surface area contributed by atoms with E-state index < -0.39 is 16.4 Å². The summed E-state index contributed by atoms with van der Waals surface area (Å²) < 4.78 is 54.0. The van der Waals surface area contributed by atoms with Gasteiger partial charge in [0.15, 0.2) is 9.84 Å². The number of amides is 1. The van der Waals surface area contributed by atoms with Gasteiger partial charge in [0, 0.05) is 19.2 Å². The molecule has 5 nitrogen and oxygen atoms in total. The molecule has 0 aliphatic rings. The minimum absolute atomic E-state index is 0.0417. The van der Waals surface area contributed by atoms with Gasteiger partial charge in [-0.15, -0.1) is 0 Å². The maximum Gasteiger partial charge on any atom is 0.387 e. The van der Waals surface area contributed by atoms with E-state index in [1.54, 1.807) is 61.6 Å². The molecule has 0 aliphatic heterocycles. The zero-order valence-electron chi connectivity index (χ0n) is 16.7. The van der Waals surface area contributed by atoms with Crippen molar-refractivity contribution in [3.8, 4) is 5.75 Å². The lowest BCUT2D eigenvalue weighted by Gasteiger charge is -2.18. The van der Waals surface area contributed by atoms with Crippen LogP contribution >= 0.6 is 0 Å². The lowest BCUT2D eigenvalue weighted by Crippen LogP contribution is -2.26. The Labute approximate surface area is 179 Å². The van der Waals surface area contributed by atoms with Crippen LogP contribution in [-0.4, -0.2) is 32.9 Å². The van der Waals surface area contributed by atoms with Gasteiger partial charge >= 0.3 is 6.61 Å². The molecule has 0 saturated carbocycles. The summed E-state index contributed by atoms with van der Waals surface area (Å²) in [6.45, 7) is -2.64. The van der Waals surface area contributed by atoms with E-state index >= 15 is 0 Å². The average Bonchev–Trinajstić information content (AvgIpc) is 2.74. The molecule has 0 heterocycles. The second kappa shape index (κ2) is 9.70. The van der Waals surface area contributed by atoms with Gasteiger partial charge in [0.2, 0.25) is 0 Å². The van der Waals surface area contributed by atoms with Gasteiger partial charge in [0.25, 0.3) is 5.91 Å². The highest BCUT2D eigenvalue weighted by Crippen LogP contribution is 2.19. The van der Waals surface area contributed by atoms with Gasteiger partial charge in [-0.25, -0.2) is 8.42 Å². The van der Waals surface area contributed by atoms with E-state index in [4.69, 9.17) is 0 Å². The van der Waals surface area contributed by atoms with Crippen molar-refractivity contribution in [1.82, 2.24) is 4.90 Å². The van der Waals surface area contributed by atoms with Gasteiger partial charge in [0.05, 0.1) is 10.6 Å². The predicted octanol–water partition coefficient (Wildman–Crippen LogP) is 4.53. The average molecular weight is 445 g/mol. The van der Waals surface area contributed by atoms with Gasteiger partial charge in [-0.2, -0.15) is 8.78 Å². The van der Waals surface area contributed by atoms with Crippen LogP contribution in [0.5, 0.6) is 5.75 Å². The summed E-state index contributed by atoms with van der Waals surface area (Å²) in [5.74, 6) is -0.458. The van der Waals surface area contributed by atoms with E-state index in [-0.39, 0.29) is 28.8 Å². The molecule has 0 bridgehead atoms. The van der Waals surface area contributed by atoms with Crippen LogP contribution in [-0.2, 0) is 22.1 Å². The molecule has 8 heteroatoms. The van der Waals surface area contributed by atoms with E-state index in [0.29, 0.717) is 11.1 Å². The molecule has 0 aromatic heterocycles. The fourth-order valence-electron chi connectivity index (χ4n) is 3.07. The highest BCUT2D eigenvalue weighted by Gasteiger charge is 2.17. The molecule has 3 aromatic carbocycles. The third kappa shape index (κ3) is 6.11. The van der Waals surface area contributed by atoms with Crippen LogP contribution in [0.2, 0.25) is 0 Å². The van der Waals surface area contributed by atoms with Gasteiger partial charge in [-0.05, 0) is 47.5 Å². The van der Waals surface area contributed by atoms with Crippen LogP contribution in [0.15, 0.2) is 83.8 Å². The molecule has 0 fully saturated rings. The summed E-state index contributed by atoms with van der Waals surface area (Å²) in [5, 5.41) is 0. The second-order valence-electron chi connectivity index (χ2n) is 6.96. The van der Waals surface area contributed by atoms with Crippen molar-refractivity contribution in [2.45, 2.75) is 23.8 Å². The minimum atomic E-state index is -3.53. The molecule has 0 atom stereocenters. The Hall–Kier alpha value is -3.26. The topological polar surface area (TPSA) is 63.7 Å². The number of alkyl halides is 2. The van der Waals surface area contributed by atoms with Gasteiger partial charge in [-0.3, -0.25) is 4.79 Å². The molecule has 0 aliphatic carbocycles. The van der Waals surface area contributed by atoms with Crippen molar-refractivity contribution in [1.29, 1.82) is 0 Å². The molecule has 0 spiro atoms. The molecule has 3 aromatic rings. The van der Waals surface area contributed by atoms with Crippen LogP contribution in [0.25, 0.3) is 0 Å². The van der Waals surface area contributed by atoms with Crippen molar-refractivity contribution < 1.29 is 26.7 Å². The standard InChI is InChI=1S/C23H21F2NO4S/c1-26(15-17-10-12-20(13-11-17)30-23(24)25)22(27)19-7-5-6-18(14-19)16-31(28,29)21-8-3-2-4-9-21/h2-14,23H,15-16H2,1H3. The number of hydrogen-bond acceptors (Lipinski definition) is 4. The fourth-order valence-corrected chi connectivity index (χ4v) is 4.42. The van der Waals surface area contributed by atoms with E-state index in [2.05, 4.69) is 4.74 Å². The van der Waals surface area contributed by atoms with Crippen molar-refractivity contribution in [3.63, 3.8) is 0 Å². The number of carbonyl (C=O) groups is 1. The Morgan fingerprint density at radius 3 is 2.26 bits per heavy atom. The molecule has 3 rings (SSSR count). The Balaban J connectivity index is 1.69. The van der Waals surface area contributed by atoms with Crippen LogP contribution in [0.4, 0.5) is 8.78 Å². The highest BCUT2D eigenvalue weighted by molar-refractivity contribution is 7.90. The number of benzene rings is 3. The van der Waals surface area contributed by atoms with Crippen molar-refractivity contribution in [2.75, 3.05) is 7.05 Å². The van der Waals surface area contributed by atoms with Crippen molar-refractivity contribution >= 4 is 15.7 Å². The molecular weight excluding hydrogens is 424 g/mol. The third-order valence-electron chi connectivity index (χ3n) is 4.55. The Morgan fingerprint density at radius 2 is 1.61 bits per heavy atom. The Morgan fingerprint density at radius 1 is 0.935 bits per heavy atom. The second-order valence-corrected chi connectivity index (χ2v) is 8.95. The summed E-state index contributed by atoms with van der Waals surface area (Å²) >= 11 is 0. The maximum atomic E-state index is 12.8. The molecule has 31 heavy (non-hydrogen) atoms. The normalized spacial score (nSPS) is 11.4. The summed E-state index contributed by atoms with van der Waals surface area (Å²) in [7, 11) is -1.92. The Bertz CT molecular complexity index is 1130. The van der Waals surface area contributed by atoms with Gasteiger partial charge in [0.1, 0.15) is 5.75 Å². The number of sulfone groups is 1. The van der Waals surface area contributed by atoms with E-state index in [1.807, 2.05) is 0 Å². The van der Waals surface area contributed by atoms with E-state index in [1.165, 1.54) is 29.2 Å². The molecular formula is C23H21F2NO4S. The fraction of sp³-hybridized carbons (Fsp3) is 0.174. The predicted molar refractivity (Wildman–Crippen MR) is 113 cm³/mol. The molecule has 0 unspecified atom stereocenters. The number of rotatable bonds is 8. The van der Waals surface area contributed by atoms with E-state index in [0.717, 1.165) is 5.56 Å². The number of ether oxygens (including phenoxy) is 1. The van der Waals surface area contributed by atoms with Crippen molar-refractivity contribution in [2.24, 2.45) is 0 Å². The Kier molecular flexibility index (Phi) is 7.02. The molecule has 1 amide bonds. The monoisotopic (exact) mass is 445 g/mol. The lowest BCUT2D eigenvalue weighted by atomic mass is 10.1. The summed E-state index contributed by atoms with van der Waals surface area (Å²) in [5.41, 5.74) is 1.61. The molecule has 0 radical (unpaired) electrons. The van der Waals surface area contributed by atoms with Crippen LogP contribution in [0.1, 0.15) is 21.5 Å². The zero-order valence-corrected chi connectivity index (χ0v) is 17.6. The zero-order chi connectivity index (χ0) is 22.4. The minimum Gasteiger partial charge on any atom is -0.435 e. The first kappa shape index (κ1) is 22.4. The van der Waals surface area contributed by atoms with Crippen LogP contribution in [0.3, 0.4) is 0 Å². The highest BCUT2D eigenvalue weighted by atomic mass is 32.2. The summed E-state index contributed by atoms with van der Waals surface area (Å²) in [6, 6.07) is 20.7.